The van der Waals surface area contributed by atoms with Crippen LogP contribution >= 0.6 is 0 Å². The van der Waals surface area contributed by atoms with Crippen LogP contribution in [0.4, 0.5) is 10.5 Å². The number of imidazole rings is 1. The van der Waals surface area contributed by atoms with Crippen LogP contribution in [0.5, 0.6) is 5.75 Å². The molecule has 1 aromatic heterocycles. The third-order valence-electron chi connectivity index (χ3n) is 1.88. The molecular weight excluding hydrogens is 194 g/mol. The van der Waals surface area contributed by atoms with Gasteiger partial charge in [-0.05, 0) is 12.1 Å². The second-order valence-electron chi connectivity index (χ2n) is 2.92. The average molecular weight is 203 g/mol. The summed E-state index contributed by atoms with van der Waals surface area (Å²) in [6.45, 7) is 0. The van der Waals surface area contributed by atoms with Gasteiger partial charge in [0.1, 0.15) is 12.1 Å². The first-order chi connectivity index (χ1) is 7.27. The Labute approximate surface area is 86.0 Å². The topological polar surface area (TPSA) is 67.2 Å². The summed E-state index contributed by atoms with van der Waals surface area (Å²) in [7, 11) is 0. The van der Waals surface area contributed by atoms with Gasteiger partial charge in [0.15, 0.2) is 0 Å². The number of hydrogen-bond donors (Lipinski definition) is 2. The van der Waals surface area contributed by atoms with Crippen molar-refractivity contribution in [3.63, 3.8) is 0 Å². The molecule has 1 heterocycles. The molecule has 0 aliphatic rings. The van der Waals surface area contributed by atoms with Gasteiger partial charge in [-0.2, -0.15) is 0 Å². The van der Waals surface area contributed by atoms with Crippen molar-refractivity contribution in [2.24, 2.45) is 0 Å². The highest BCUT2D eigenvalue weighted by Gasteiger charge is 2.06. The standard InChI is InChI=1S/C10H9N3O2/c14-9-4-2-1-3-8(9)12-10(15)13-6-5-11-7-13/h1-7,14H,(H,12,15). The van der Waals surface area contributed by atoms with Crippen molar-refractivity contribution in [1.29, 1.82) is 0 Å². The van der Waals surface area contributed by atoms with Crippen molar-refractivity contribution in [2.75, 3.05) is 5.32 Å². The van der Waals surface area contributed by atoms with Gasteiger partial charge >= 0.3 is 6.03 Å². The van der Waals surface area contributed by atoms with E-state index < -0.39 is 0 Å². The molecular formula is C10H9N3O2. The lowest BCUT2D eigenvalue weighted by atomic mass is 10.3. The Bertz CT molecular complexity index is 465. The number of nitrogens with zero attached hydrogens (tertiary/aromatic N) is 2. The van der Waals surface area contributed by atoms with Crippen LogP contribution in [0.3, 0.4) is 0 Å². The monoisotopic (exact) mass is 203 g/mol. The lowest BCUT2D eigenvalue weighted by Gasteiger charge is -2.06. The molecule has 0 fully saturated rings. The largest absolute Gasteiger partial charge is 0.506 e. The first kappa shape index (κ1) is 9.26. The van der Waals surface area contributed by atoms with Crippen LogP contribution in [-0.4, -0.2) is 20.7 Å². The number of aromatic hydroxyl groups is 1. The highest BCUT2D eigenvalue weighted by molar-refractivity contribution is 5.92. The summed E-state index contributed by atoms with van der Waals surface area (Å²) in [6.07, 6.45) is 4.41. The Morgan fingerprint density at radius 2 is 2.20 bits per heavy atom. The van der Waals surface area contributed by atoms with E-state index in [1.165, 1.54) is 29.4 Å². The predicted octanol–water partition coefficient (Wildman–Crippen LogP) is 1.67. The van der Waals surface area contributed by atoms with Crippen molar-refractivity contribution in [3.8, 4) is 5.75 Å². The number of carbonyl (C=O) groups is 1. The van der Waals surface area contributed by atoms with E-state index in [2.05, 4.69) is 10.3 Å². The van der Waals surface area contributed by atoms with Gasteiger partial charge in [0.05, 0.1) is 5.69 Å². The number of nitrogens with one attached hydrogen (secondary N) is 1. The van der Waals surface area contributed by atoms with E-state index in [9.17, 15) is 9.90 Å². The number of aromatic nitrogens is 2. The fraction of sp³-hybridized carbons (Fsp3) is 0. The summed E-state index contributed by atoms with van der Waals surface area (Å²) in [4.78, 5) is 15.3. The third-order valence-corrected chi connectivity index (χ3v) is 1.88. The molecule has 5 heteroatoms. The Kier molecular flexibility index (Phi) is 2.37. The molecule has 0 unspecified atom stereocenters. The average Bonchev–Trinajstić information content (AvgIpc) is 2.74. The molecule has 2 N–H and O–H groups in total. The van der Waals surface area contributed by atoms with Gasteiger partial charge in [-0.15, -0.1) is 0 Å². The van der Waals surface area contributed by atoms with E-state index in [1.54, 1.807) is 18.2 Å². The molecule has 2 rings (SSSR count). The molecule has 15 heavy (non-hydrogen) atoms. The fourth-order valence-electron chi connectivity index (χ4n) is 1.14. The number of anilines is 1. The van der Waals surface area contributed by atoms with Gasteiger partial charge in [-0.25, -0.2) is 9.78 Å². The number of benzene rings is 1. The maximum atomic E-state index is 11.5. The summed E-state index contributed by atoms with van der Waals surface area (Å²) in [5.74, 6) is 0.0333. The molecule has 2 aromatic rings. The maximum Gasteiger partial charge on any atom is 0.331 e. The zero-order valence-corrected chi connectivity index (χ0v) is 7.79. The SMILES string of the molecule is O=C(Nc1ccccc1O)n1ccnc1. The predicted molar refractivity (Wildman–Crippen MR) is 54.8 cm³/mol. The van der Waals surface area contributed by atoms with Crippen molar-refractivity contribution >= 4 is 11.7 Å². The first-order valence-electron chi connectivity index (χ1n) is 4.34. The number of carbonyl (C=O) groups excluding carboxylic acids is 1. The summed E-state index contributed by atoms with van der Waals surface area (Å²) in [6, 6.07) is 6.16. The van der Waals surface area contributed by atoms with Crippen molar-refractivity contribution in [2.45, 2.75) is 0 Å². The van der Waals surface area contributed by atoms with Crippen LogP contribution in [0.2, 0.25) is 0 Å². The number of amides is 1. The lowest BCUT2D eigenvalue weighted by Crippen LogP contribution is -2.17. The van der Waals surface area contributed by atoms with Gasteiger partial charge in [0, 0.05) is 12.4 Å². The molecule has 1 amide bonds. The number of para-hydroxylation sites is 2. The molecule has 0 atom stereocenters. The van der Waals surface area contributed by atoms with Gasteiger partial charge in [-0.3, -0.25) is 4.57 Å². The Balaban J connectivity index is 2.17. The van der Waals surface area contributed by atoms with Gasteiger partial charge < -0.3 is 10.4 Å². The highest BCUT2D eigenvalue weighted by Crippen LogP contribution is 2.21. The lowest BCUT2D eigenvalue weighted by molar-refractivity contribution is 0.253. The normalized spacial score (nSPS) is 9.87. The van der Waals surface area contributed by atoms with Crippen molar-refractivity contribution < 1.29 is 9.90 Å². The Morgan fingerprint density at radius 3 is 2.87 bits per heavy atom. The van der Waals surface area contributed by atoms with E-state index in [-0.39, 0.29) is 11.8 Å². The van der Waals surface area contributed by atoms with Crippen molar-refractivity contribution in [1.82, 2.24) is 9.55 Å². The number of hydrogen-bond acceptors (Lipinski definition) is 3. The molecule has 0 aliphatic heterocycles. The second kappa shape index (κ2) is 3.83. The van der Waals surface area contributed by atoms with E-state index >= 15 is 0 Å². The van der Waals surface area contributed by atoms with Crippen LogP contribution in [0.1, 0.15) is 0 Å². The minimum absolute atomic E-state index is 0.0333. The smallest absolute Gasteiger partial charge is 0.331 e. The molecule has 1 aromatic carbocycles. The summed E-state index contributed by atoms with van der Waals surface area (Å²) >= 11 is 0. The summed E-state index contributed by atoms with van der Waals surface area (Å²) in [5, 5.41) is 12.0. The van der Waals surface area contributed by atoms with Gasteiger partial charge in [0.25, 0.3) is 0 Å². The van der Waals surface area contributed by atoms with Gasteiger partial charge in [0.2, 0.25) is 0 Å². The zero-order valence-electron chi connectivity index (χ0n) is 7.79. The maximum absolute atomic E-state index is 11.5. The molecule has 0 aliphatic carbocycles. The summed E-state index contributed by atoms with van der Waals surface area (Å²) < 4.78 is 1.28. The summed E-state index contributed by atoms with van der Waals surface area (Å²) in [5.41, 5.74) is 0.371. The minimum Gasteiger partial charge on any atom is -0.506 e. The zero-order chi connectivity index (χ0) is 10.7. The molecule has 0 bridgehead atoms. The van der Waals surface area contributed by atoms with E-state index in [0.717, 1.165) is 0 Å². The molecule has 0 saturated heterocycles. The molecule has 76 valence electrons. The number of phenols is 1. The van der Waals surface area contributed by atoms with Crippen molar-refractivity contribution in [3.05, 3.63) is 43.0 Å². The highest BCUT2D eigenvalue weighted by atomic mass is 16.3. The van der Waals surface area contributed by atoms with Crippen LogP contribution in [0.15, 0.2) is 43.0 Å². The number of phenolic OH excluding ortho intramolecular Hbond substituents is 1. The molecule has 0 spiro atoms. The van der Waals surface area contributed by atoms with E-state index in [0.29, 0.717) is 5.69 Å². The third kappa shape index (κ3) is 1.96. The molecule has 5 nitrogen and oxygen atoms in total. The first-order valence-corrected chi connectivity index (χ1v) is 4.34. The quantitative estimate of drug-likeness (QED) is 0.693. The van der Waals surface area contributed by atoms with E-state index in [4.69, 9.17) is 0 Å². The van der Waals surface area contributed by atoms with Crippen LogP contribution in [0, 0.1) is 0 Å². The Morgan fingerprint density at radius 1 is 1.40 bits per heavy atom. The second-order valence-corrected chi connectivity index (χ2v) is 2.92. The van der Waals surface area contributed by atoms with Gasteiger partial charge in [-0.1, -0.05) is 12.1 Å². The van der Waals surface area contributed by atoms with Crippen LogP contribution in [0.25, 0.3) is 0 Å². The van der Waals surface area contributed by atoms with Crippen LogP contribution in [-0.2, 0) is 0 Å². The fourth-order valence-corrected chi connectivity index (χ4v) is 1.14. The van der Waals surface area contributed by atoms with E-state index in [1.807, 2.05) is 0 Å². The minimum atomic E-state index is -0.367. The number of rotatable bonds is 1. The van der Waals surface area contributed by atoms with Crippen LogP contribution < -0.4 is 5.32 Å². The molecule has 0 radical (unpaired) electrons. The molecule has 0 saturated carbocycles. The Hall–Kier alpha value is -2.30.